The number of hydrogen-bond acceptors (Lipinski definition) is 6. The minimum Gasteiger partial charge on any atom is -0.286 e. The molecule has 0 bridgehead atoms. The normalized spacial score (nSPS) is 20.8. The summed E-state index contributed by atoms with van der Waals surface area (Å²) >= 11 is 9.12. The third-order valence-corrected chi connectivity index (χ3v) is 8.14. The van der Waals surface area contributed by atoms with Crippen LogP contribution in [0.4, 0.5) is 0 Å². The van der Waals surface area contributed by atoms with Gasteiger partial charge in [0.05, 0.1) is 16.6 Å². The van der Waals surface area contributed by atoms with Crippen molar-refractivity contribution >= 4 is 44.5 Å². The number of thioether (sulfide) groups is 1. The van der Waals surface area contributed by atoms with Gasteiger partial charge in [0, 0.05) is 35.6 Å². The van der Waals surface area contributed by atoms with E-state index in [0.29, 0.717) is 11.6 Å². The topological polar surface area (TPSA) is 50.3 Å². The van der Waals surface area contributed by atoms with Gasteiger partial charge in [0.15, 0.2) is 9.84 Å². The van der Waals surface area contributed by atoms with E-state index in [2.05, 4.69) is 9.88 Å². The molecule has 1 unspecified atom stereocenters. The summed E-state index contributed by atoms with van der Waals surface area (Å²) < 4.78 is 24.3. The van der Waals surface area contributed by atoms with Crippen LogP contribution in [0.3, 0.4) is 0 Å². The van der Waals surface area contributed by atoms with Crippen LogP contribution in [0.15, 0.2) is 5.38 Å². The van der Waals surface area contributed by atoms with Crippen molar-refractivity contribution in [2.45, 2.75) is 31.0 Å². The van der Waals surface area contributed by atoms with Gasteiger partial charge in [-0.15, -0.1) is 22.9 Å². The van der Waals surface area contributed by atoms with E-state index in [0.717, 1.165) is 42.4 Å². The molecule has 4 nitrogen and oxygen atoms in total. The first kappa shape index (κ1) is 17.5. The van der Waals surface area contributed by atoms with Gasteiger partial charge >= 0.3 is 0 Å². The highest BCUT2D eigenvalue weighted by atomic mass is 35.5. The standard InChI is InChI=1S/C13H21ClN2O2S3/c1-2-21(17,18)13-10-19-7-6-16(13)5-3-4-12-15-11(8-14)9-20-12/h9,13H,2-8,10H2,1H3. The molecule has 2 rings (SSSR count). The van der Waals surface area contributed by atoms with Crippen molar-refractivity contribution in [1.82, 2.24) is 9.88 Å². The lowest BCUT2D eigenvalue weighted by Gasteiger charge is -2.34. The largest absolute Gasteiger partial charge is 0.286 e. The molecule has 0 aliphatic carbocycles. The fourth-order valence-electron chi connectivity index (χ4n) is 2.35. The van der Waals surface area contributed by atoms with Crippen LogP contribution in [-0.4, -0.2) is 54.0 Å². The summed E-state index contributed by atoms with van der Waals surface area (Å²) in [6.45, 7) is 3.41. The summed E-state index contributed by atoms with van der Waals surface area (Å²) in [6.07, 6.45) is 1.83. The fourth-order valence-corrected chi connectivity index (χ4v) is 6.53. The molecule has 1 atom stereocenters. The molecular formula is C13H21ClN2O2S3. The lowest BCUT2D eigenvalue weighted by atomic mass is 10.3. The molecule has 120 valence electrons. The highest BCUT2D eigenvalue weighted by molar-refractivity contribution is 8.01. The average molecular weight is 369 g/mol. The molecule has 0 N–H and O–H groups in total. The predicted octanol–water partition coefficient (Wildman–Crippen LogP) is 2.62. The van der Waals surface area contributed by atoms with E-state index >= 15 is 0 Å². The molecule has 1 saturated heterocycles. The van der Waals surface area contributed by atoms with Gasteiger partial charge in [0.2, 0.25) is 0 Å². The maximum atomic E-state index is 12.2. The van der Waals surface area contributed by atoms with E-state index in [1.165, 1.54) is 0 Å². The summed E-state index contributed by atoms with van der Waals surface area (Å²) in [7, 11) is -2.99. The van der Waals surface area contributed by atoms with Gasteiger partial charge in [-0.3, -0.25) is 4.90 Å². The van der Waals surface area contributed by atoms with Crippen molar-refractivity contribution in [2.75, 3.05) is 30.3 Å². The zero-order valence-corrected chi connectivity index (χ0v) is 15.3. The van der Waals surface area contributed by atoms with E-state index < -0.39 is 9.84 Å². The van der Waals surface area contributed by atoms with Crippen LogP contribution in [0, 0.1) is 0 Å². The summed E-state index contributed by atoms with van der Waals surface area (Å²) in [6, 6.07) is 0. The fraction of sp³-hybridized carbons (Fsp3) is 0.769. The van der Waals surface area contributed by atoms with Gasteiger partial charge in [0.25, 0.3) is 0 Å². The highest BCUT2D eigenvalue weighted by Crippen LogP contribution is 2.22. The van der Waals surface area contributed by atoms with Crippen molar-refractivity contribution < 1.29 is 8.42 Å². The Kier molecular flexibility index (Phi) is 6.80. The lowest BCUT2D eigenvalue weighted by molar-refractivity contribution is 0.267. The third-order valence-electron chi connectivity index (χ3n) is 3.58. The number of alkyl halides is 1. The maximum absolute atomic E-state index is 12.2. The monoisotopic (exact) mass is 368 g/mol. The van der Waals surface area contributed by atoms with Crippen LogP contribution in [0.25, 0.3) is 0 Å². The Morgan fingerprint density at radius 2 is 2.33 bits per heavy atom. The minimum absolute atomic E-state index is 0.223. The second kappa shape index (κ2) is 8.15. The molecule has 8 heteroatoms. The van der Waals surface area contributed by atoms with E-state index in [9.17, 15) is 8.42 Å². The molecule has 21 heavy (non-hydrogen) atoms. The Labute approximate surface area is 140 Å². The summed E-state index contributed by atoms with van der Waals surface area (Å²) in [5.74, 6) is 2.39. The Balaban J connectivity index is 1.88. The van der Waals surface area contributed by atoms with Gasteiger partial charge in [0.1, 0.15) is 5.37 Å². The Morgan fingerprint density at radius 3 is 3.00 bits per heavy atom. The zero-order valence-electron chi connectivity index (χ0n) is 12.1. The molecular weight excluding hydrogens is 348 g/mol. The van der Waals surface area contributed by atoms with Crippen LogP contribution >= 0.6 is 34.7 Å². The minimum atomic E-state index is -2.99. The molecule has 0 aromatic carbocycles. The second-order valence-corrected chi connectivity index (χ2v) is 9.79. The molecule has 0 saturated carbocycles. The molecule has 0 radical (unpaired) electrons. The van der Waals surface area contributed by atoms with Crippen molar-refractivity contribution in [3.05, 3.63) is 16.1 Å². The van der Waals surface area contributed by atoms with E-state index in [4.69, 9.17) is 11.6 Å². The molecule has 1 aromatic heterocycles. The summed E-state index contributed by atoms with van der Waals surface area (Å²) in [5.41, 5.74) is 0.928. The molecule has 2 heterocycles. The van der Waals surface area contributed by atoms with Gasteiger partial charge in [-0.05, 0) is 13.0 Å². The zero-order chi connectivity index (χ0) is 15.3. The maximum Gasteiger partial charge on any atom is 0.166 e. The van der Waals surface area contributed by atoms with Crippen LogP contribution in [-0.2, 0) is 22.1 Å². The SMILES string of the molecule is CCS(=O)(=O)C1CSCCN1CCCc1nc(CCl)cs1. The number of nitrogens with zero attached hydrogens (tertiary/aromatic N) is 2. The van der Waals surface area contributed by atoms with Crippen molar-refractivity contribution in [2.24, 2.45) is 0 Å². The number of hydrogen-bond donors (Lipinski definition) is 0. The molecule has 1 aliphatic heterocycles. The number of rotatable bonds is 7. The number of sulfone groups is 1. The summed E-state index contributed by atoms with van der Waals surface area (Å²) in [5, 5.41) is 2.77. The molecule has 0 amide bonds. The first-order valence-corrected chi connectivity index (χ1v) is 11.4. The van der Waals surface area contributed by atoms with Gasteiger partial charge in [-0.1, -0.05) is 6.92 Å². The lowest BCUT2D eigenvalue weighted by Crippen LogP contribution is -2.48. The quantitative estimate of drug-likeness (QED) is 0.692. The third kappa shape index (κ3) is 4.82. The predicted molar refractivity (Wildman–Crippen MR) is 92.1 cm³/mol. The van der Waals surface area contributed by atoms with E-state index in [1.807, 2.05) is 5.38 Å². The van der Waals surface area contributed by atoms with Crippen molar-refractivity contribution in [3.63, 3.8) is 0 Å². The second-order valence-electron chi connectivity index (χ2n) is 4.99. The van der Waals surface area contributed by atoms with Crippen LogP contribution < -0.4 is 0 Å². The van der Waals surface area contributed by atoms with Crippen molar-refractivity contribution in [1.29, 1.82) is 0 Å². The number of aromatic nitrogens is 1. The first-order chi connectivity index (χ1) is 10.1. The van der Waals surface area contributed by atoms with E-state index in [1.54, 1.807) is 30.0 Å². The van der Waals surface area contributed by atoms with Crippen LogP contribution in [0.2, 0.25) is 0 Å². The molecule has 1 aromatic rings. The van der Waals surface area contributed by atoms with Gasteiger partial charge in [-0.2, -0.15) is 11.8 Å². The first-order valence-electron chi connectivity index (χ1n) is 7.09. The van der Waals surface area contributed by atoms with E-state index in [-0.39, 0.29) is 11.1 Å². The van der Waals surface area contributed by atoms with Gasteiger partial charge < -0.3 is 0 Å². The average Bonchev–Trinajstić information content (AvgIpc) is 2.95. The smallest absolute Gasteiger partial charge is 0.166 e. The summed E-state index contributed by atoms with van der Waals surface area (Å²) in [4.78, 5) is 6.57. The number of thiazole rings is 1. The van der Waals surface area contributed by atoms with Crippen molar-refractivity contribution in [3.8, 4) is 0 Å². The molecule has 1 aliphatic rings. The Morgan fingerprint density at radius 1 is 1.52 bits per heavy atom. The Bertz CT molecular complexity index is 547. The Hall–Kier alpha value is 0.180. The highest BCUT2D eigenvalue weighted by Gasteiger charge is 2.32. The number of halogens is 1. The number of aryl methyl sites for hydroxylation is 1. The molecule has 0 spiro atoms. The van der Waals surface area contributed by atoms with Crippen LogP contribution in [0.1, 0.15) is 24.0 Å². The van der Waals surface area contributed by atoms with Gasteiger partial charge in [-0.25, -0.2) is 13.4 Å². The van der Waals surface area contributed by atoms with Crippen LogP contribution in [0.5, 0.6) is 0 Å². The molecule has 1 fully saturated rings.